The average Bonchev–Trinajstić information content (AvgIpc) is 2.97. The minimum Gasteiger partial charge on any atom is -0.376 e. The average molecular weight is 283 g/mol. The number of hydrogen-bond donors (Lipinski definition) is 2. The van der Waals surface area contributed by atoms with Crippen molar-refractivity contribution in [2.75, 3.05) is 19.7 Å². The van der Waals surface area contributed by atoms with E-state index in [0.717, 1.165) is 19.4 Å². The normalized spacial score (nSPS) is 20.1. The third kappa shape index (κ3) is 4.16. The molecule has 0 aliphatic carbocycles. The summed E-state index contributed by atoms with van der Waals surface area (Å²) in [6.45, 7) is 0.586. The molecule has 1 heterocycles. The molecular weight excluding hydrogens is 264 g/mol. The topological polar surface area (TPSA) is 59.6 Å². The predicted molar refractivity (Wildman–Crippen MR) is 73.8 cm³/mol. The number of benzene rings is 1. The number of guanidine groups is 1. The molecule has 3 N–H and O–H groups in total. The summed E-state index contributed by atoms with van der Waals surface area (Å²) in [6.07, 6.45) is 2.08. The van der Waals surface area contributed by atoms with Crippen molar-refractivity contribution in [2.45, 2.75) is 24.9 Å². The number of nitrogens with two attached hydrogens (primary N) is 1. The monoisotopic (exact) mass is 283 g/mol. The molecule has 1 atom stereocenters. The van der Waals surface area contributed by atoms with Gasteiger partial charge in [0, 0.05) is 18.7 Å². The Labute approximate surface area is 117 Å². The summed E-state index contributed by atoms with van der Waals surface area (Å²) in [5.74, 6) is -2.99. The lowest BCUT2D eigenvalue weighted by atomic mass is 10.1. The zero-order chi connectivity index (χ0) is 14.4. The van der Waals surface area contributed by atoms with Crippen LogP contribution in [0.15, 0.2) is 35.3 Å². The van der Waals surface area contributed by atoms with Crippen molar-refractivity contribution in [3.63, 3.8) is 0 Å². The first kappa shape index (κ1) is 14.7. The fourth-order valence-corrected chi connectivity index (χ4v) is 2.04. The molecule has 1 fully saturated rings. The van der Waals surface area contributed by atoms with Crippen molar-refractivity contribution in [3.05, 3.63) is 35.9 Å². The molecule has 1 unspecified atom stereocenters. The van der Waals surface area contributed by atoms with Crippen LogP contribution in [0.25, 0.3) is 0 Å². The van der Waals surface area contributed by atoms with E-state index < -0.39 is 12.5 Å². The van der Waals surface area contributed by atoms with Gasteiger partial charge in [-0.15, -0.1) is 0 Å². The Morgan fingerprint density at radius 2 is 2.15 bits per heavy atom. The predicted octanol–water partition coefficient (Wildman–Crippen LogP) is 1.86. The van der Waals surface area contributed by atoms with Gasteiger partial charge >= 0.3 is 0 Å². The van der Waals surface area contributed by atoms with Crippen molar-refractivity contribution >= 4 is 5.96 Å². The van der Waals surface area contributed by atoms with Gasteiger partial charge in [-0.1, -0.05) is 30.3 Å². The van der Waals surface area contributed by atoms with E-state index in [4.69, 9.17) is 10.5 Å². The van der Waals surface area contributed by atoms with Gasteiger partial charge in [-0.2, -0.15) is 8.78 Å². The van der Waals surface area contributed by atoms with Gasteiger partial charge in [-0.3, -0.25) is 0 Å². The molecule has 6 heteroatoms. The lowest BCUT2D eigenvalue weighted by Gasteiger charge is -2.15. The summed E-state index contributed by atoms with van der Waals surface area (Å²) in [6, 6.07) is 7.61. The highest BCUT2D eigenvalue weighted by Crippen LogP contribution is 2.27. The highest BCUT2D eigenvalue weighted by Gasteiger charge is 2.31. The molecule has 110 valence electrons. The summed E-state index contributed by atoms with van der Waals surface area (Å²) in [4.78, 5) is 3.71. The number of ether oxygens (including phenoxy) is 1. The van der Waals surface area contributed by atoms with Gasteiger partial charge in [-0.25, -0.2) is 4.99 Å². The van der Waals surface area contributed by atoms with E-state index in [-0.39, 0.29) is 17.6 Å². The van der Waals surface area contributed by atoms with E-state index in [1.165, 1.54) is 12.1 Å². The van der Waals surface area contributed by atoms with Crippen molar-refractivity contribution < 1.29 is 13.5 Å². The Balaban J connectivity index is 1.84. The minimum atomic E-state index is -3.02. The molecule has 1 aromatic carbocycles. The van der Waals surface area contributed by atoms with Crippen LogP contribution < -0.4 is 11.1 Å². The molecule has 1 aliphatic heterocycles. The van der Waals surface area contributed by atoms with Gasteiger partial charge in [0.15, 0.2) is 5.96 Å². The Bertz CT molecular complexity index is 445. The molecule has 0 radical (unpaired) electrons. The van der Waals surface area contributed by atoms with Gasteiger partial charge in [-0.05, 0) is 12.8 Å². The molecule has 20 heavy (non-hydrogen) atoms. The lowest BCUT2D eigenvalue weighted by molar-refractivity contribution is 0.00644. The molecule has 0 bridgehead atoms. The molecule has 0 amide bonds. The van der Waals surface area contributed by atoms with Crippen LogP contribution >= 0.6 is 0 Å². The number of nitrogens with one attached hydrogen (secondary N) is 1. The summed E-state index contributed by atoms with van der Waals surface area (Å²) >= 11 is 0. The van der Waals surface area contributed by atoms with E-state index in [2.05, 4.69) is 10.3 Å². The summed E-state index contributed by atoms with van der Waals surface area (Å²) in [5, 5.41) is 2.82. The molecule has 1 saturated heterocycles. The van der Waals surface area contributed by atoms with Crippen molar-refractivity contribution in [1.29, 1.82) is 0 Å². The Morgan fingerprint density at radius 3 is 2.80 bits per heavy atom. The second-order valence-electron chi connectivity index (χ2n) is 4.79. The molecule has 0 spiro atoms. The van der Waals surface area contributed by atoms with E-state index in [9.17, 15) is 8.78 Å². The number of rotatable bonds is 5. The maximum atomic E-state index is 13.8. The zero-order valence-corrected chi connectivity index (χ0v) is 11.2. The van der Waals surface area contributed by atoms with Gasteiger partial charge in [0.05, 0.1) is 6.10 Å². The van der Waals surface area contributed by atoms with E-state index in [1.54, 1.807) is 18.2 Å². The second kappa shape index (κ2) is 6.65. The Hall–Kier alpha value is -1.69. The smallest absolute Gasteiger partial charge is 0.292 e. The fourth-order valence-electron chi connectivity index (χ4n) is 2.04. The van der Waals surface area contributed by atoms with E-state index in [1.807, 2.05) is 0 Å². The maximum Gasteiger partial charge on any atom is 0.292 e. The minimum absolute atomic E-state index is 0.0242. The van der Waals surface area contributed by atoms with Crippen LogP contribution in [0.4, 0.5) is 8.78 Å². The molecule has 2 rings (SSSR count). The summed E-state index contributed by atoms with van der Waals surface area (Å²) in [5.41, 5.74) is 5.53. The van der Waals surface area contributed by atoms with Gasteiger partial charge in [0.2, 0.25) is 0 Å². The SMILES string of the molecule is NC(=NCC(F)(F)c1ccccc1)NCC1CCCO1. The van der Waals surface area contributed by atoms with E-state index in [0.29, 0.717) is 6.54 Å². The van der Waals surface area contributed by atoms with Crippen LogP contribution in [0.3, 0.4) is 0 Å². The van der Waals surface area contributed by atoms with Gasteiger partial charge in [0.25, 0.3) is 5.92 Å². The van der Waals surface area contributed by atoms with Gasteiger partial charge < -0.3 is 15.8 Å². The zero-order valence-electron chi connectivity index (χ0n) is 11.2. The Kier molecular flexibility index (Phi) is 4.89. The highest BCUT2D eigenvalue weighted by molar-refractivity contribution is 5.77. The first-order valence-electron chi connectivity index (χ1n) is 6.67. The molecule has 1 aromatic rings. The number of alkyl halides is 2. The maximum absolute atomic E-state index is 13.8. The van der Waals surface area contributed by atoms with Crippen LogP contribution in [0.1, 0.15) is 18.4 Å². The highest BCUT2D eigenvalue weighted by atomic mass is 19.3. The fraction of sp³-hybridized carbons (Fsp3) is 0.500. The van der Waals surface area contributed by atoms with Crippen LogP contribution in [-0.2, 0) is 10.7 Å². The van der Waals surface area contributed by atoms with Crippen LogP contribution in [0.2, 0.25) is 0 Å². The summed E-state index contributed by atoms with van der Waals surface area (Å²) < 4.78 is 33.1. The molecule has 0 saturated carbocycles. The first-order chi connectivity index (χ1) is 9.58. The molecule has 0 aromatic heterocycles. The van der Waals surface area contributed by atoms with Crippen LogP contribution in [-0.4, -0.2) is 31.8 Å². The number of nitrogens with zero attached hydrogens (tertiary/aromatic N) is 1. The lowest BCUT2D eigenvalue weighted by Crippen LogP contribution is -2.38. The van der Waals surface area contributed by atoms with Crippen molar-refractivity contribution in [3.8, 4) is 0 Å². The standard InChI is InChI=1S/C14H19F2N3O/c15-14(16,11-5-2-1-3-6-11)10-19-13(17)18-9-12-7-4-8-20-12/h1-3,5-6,12H,4,7-10H2,(H3,17,18,19). The second-order valence-corrected chi connectivity index (χ2v) is 4.79. The van der Waals surface area contributed by atoms with Crippen LogP contribution in [0, 0.1) is 0 Å². The third-order valence-electron chi connectivity index (χ3n) is 3.18. The number of aliphatic imine (C=N–C) groups is 1. The van der Waals surface area contributed by atoms with Gasteiger partial charge in [0.1, 0.15) is 6.54 Å². The van der Waals surface area contributed by atoms with E-state index >= 15 is 0 Å². The van der Waals surface area contributed by atoms with Crippen LogP contribution in [0.5, 0.6) is 0 Å². The molecule has 4 nitrogen and oxygen atoms in total. The number of halogens is 2. The molecule has 1 aliphatic rings. The Morgan fingerprint density at radius 1 is 1.40 bits per heavy atom. The quantitative estimate of drug-likeness (QED) is 0.640. The number of hydrogen-bond acceptors (Lipinski definition) is 2. The first-order valence-corrected chi connectivity index (χ1v) is 6.67. The third-order valence-corrected chi connectivity index (χ3v) is 3.18. The largest absolute Gasteiger partial charge is 0.376 e. The summed E-state index contributed by atoms with van der Waals surface area (Å²) in [7, 11) is 0. The molecular formula is C14H19F2N3O. The van der Waals surface area contributed by atoms with Crippen molar-refractivity contribution in [2.24, 2.45) is 10.7 Å². The van der Waals surface area contributed by atoms with Crippen molar-refractivity contribution in [1.82, 2.24) is 5.32 Å².